The number of nitrogens with zero attached hydrogens (tertiary/aromatic N) is 3. The first-order valence-corrected chi connectivity index (χ1v) is 8.57. The van der Waals surface area contributed by atoms with Crippen LogP contribution in [0, 0.1) is 0 Å². The fourth-order valence-electron chi connectivity index (χ4n) is 3.18. The minimum Gasteiger partial charge on any atom is -0.339 e. The fraction of sp³-hybridized carbons (Fsp3) is 0.250. The Bertz CT molecular complexity index is 873. The van der Waals surface area contributed by atoms with Crippen LogP contribution in [0.2, 0.25) is 0 Å². The van der Waals surface area contributed by atoms with Gasteiger partial charge in [-0.25, -0.2) is 0 Å². The number of para-hydroxylation sites is 1. The van der Waals surface area contributed by atoms with Crippen molar-refractivity contribution in [2.24, 2.45) is 0 Å². The first kappa shape index (κ1) is 15.6. The molecule has 25 heavy (non-hydrogen) atoms. The molecule has 5 heteroatoms. The number of hydrogen-bond donors (Lipinski definition) is 0. The summed E-state index contributed by atoms with van der Waals surface area (Å²) in [6.45, 7) is 0.775. The normalized spacial score (nSPS) is 13.0. The Hall–Kier alpha value is -2.95. The lowest BCUT2D eigenvalue weighted by Gasteiger charge is -2.16. The second-order valence-corrected chi connectivity index (χ2v) is 6.16. The van der Waals surface area contributed by atoms with Crippen molar-refractivity contribution in [1.29, 1.82) is 0 Å². The van der Waals surface area contributed by atoms with Crippen LogP contribution >= 0.6 is 0 Å². The van der Waals surface area contributed by atoms with Crippen molar-refractivity contribution in [2.75, 3.05) is 11.4 Å². The van der Waals surface area contributed by atoms with Gasteiger partial charge in [-0.15, -0.1) is 0 Å². The molecule has 0 radical (unpaired) electrons. The lowest BCUT2D eigenvalue weighted by atomic mass is 10.2. The van der Waals surface area contributed by atoms with Gasteiger partial charge in [0.25, 0.3) is 0 Å². The summed E-state index contributed by atoms with van der Waals surface area (Å²) in [7, 11) is 0. The number of aryl methyl sites for hydroxylation is 1. The summed E-state index contributed by atoms with van der Waals surface area (Å²) in [6, 6.07) is 17.8. The van der Waals surface area contributed by atoms with Gasteiger partial charge in [0.15, 0.2) is 0 Å². The van der Waals surface area contributed by atoms with E-state index in [1.807, 2.05) is 53.4 Å². The Balaban J connectivity index is 1.33. The van der Waals surface area contributed by atoms with E-state index in [-0.39, 0.29) is 5.91 Å². The fourth-order valence-corrected chi connectivity index (χ4v) is 3.18. The number of rotatable bonds is 5. The summed E-state index contributed by atoms with van der Waals surface area (Å²) in [4.78, 5) is 18.8. The molecule has 2 aromatic carbocycles. The third-order valence-corrected chi connectivity index (χ3v) is 4.47. The van der Waals surface area contributed by atoms with E-state index in [9.17, 15) is 4.79 Å². The van der Waals surface area contributed by atoms with Gasteiger partial charge in [0, 0.05) is 30.6 Å². The monoisotopic (exact) mass is 333 g/mol. The van der Waals surface area contributed by atoms with Crippen LogP contribution in [0.25, 0.3) is 11.4 Å². The molecule has 0 spiro atoms. The third-order valence-electron chi connectivity index (χ3n) is 4.47. The molecule has 0 unspecified atom stereocenters. The highest BCUT2D eigenvalue weighted by molar-refractivity contribution is 5.95. The van der Waals surface area contributed by atoms with Gasteiger partial charge in [-0.05, 0) is 24.5 Å². The van der Waals surface area contributed by atoms with Crippen LogP contribution in [-0.4, -0.2) is 22.6 Å². The molecule has 1 aliphatic heterocycles. The Kier molecular flexibility index (Phi) is 4.29. The summed E-state index contributed by atoms with van der Waals surface area (Å²) in [5, 5.41) is 4.01. The molecule has 126 valence electrons. The Morgan fingerprint density at radius 3 is 2.76 bits per heavy atom. The average Bonchev–Trinajstić information content (AvgIpc) is 3.29. The minimum atomic E-state index is 0.160. The van der Waals surface area contributed by atoms with Crippen molar-refractivity contribution in [2.45, 2.75) is 25.7 Å². The molecule has 5 nitrogen and oxygen atoms in total. The lowest BCUT2D eigenvalue weighted by Crippen LogP contribution is -2.28. The maximum atomic E-state index is 12.5. The summed E-state index contributed by atoms with van der Waals surface area (Å²) in [5.74, 6) is 1.33. The molecular weight excluding hydrogens is 314 g/mol. The maximum absolute atomic E-state index is 12.5. The van der Waals surface area contributed by atoms with E-state index in [1.54, 1.807) is 0 Å². The zero-order valence-corrected chi connectivity index (χ0v) is 13.9. The minimum absolute atomic E-state index is 0.160. The number of aromatic nitrogens is 2. The molecule has 0 aliphatic carbocycles. The molecule has 4 rings (SSSR count). The third kappa shape index (κ3) is 3.31. The van der Waals surface area contributed by atoms with Crippen molar-refractivity contribution >= 4 is 11.6 Å². The number of carbonyl (C=O) groups is 1. The highest BCUT2D eigenvalue weighted by atomic mass is 16.5. The van der Waals surface area contributed by atoms with Crippen LogP contribution in [0.3, 0.4) is 0 Å². The number of fused-ring (bicyclic) bond motifs is 1. The van der Waals surface area contributed by atoms with E-state index < -0.39 is 0 Å². The standard InChI is InChI=1S/C20H19N3O2/c24-19(23-14-13-15-7-4-5-10-17(15)23)12-6-11-18-21-20(22-25-18)16-8-2-1-3-9-16/h1-5,7-10H,6,11-14H2. The molecule has 0 saturated carbocycles. The molecule has 0 atom stereocenters. The van der Waals surface area contributed by atoms with Gasteiger partial charge < -0.3 is 9.42 Å². The van der Waals surface area contributed by atoms with E-state index in [1.165, 1.54) is 5.56 Å². The highest BCUT2D eigenvalue weighted by Crippen LogP contribution is 2.28. The molecule has 0 fully saturated rings. The maximum Gasteiger partial charge on any atom is 0.227 e. The average molecular weight is 333 g/mol. The van der Waals surface area contributed by atoms with Crippen molar-refractivity contribution in [3.8, 4) is 11.4 Å². The van der Waals surface area contributed by atoms with E-state index in [2.05, 4.69) is 16.2 Å². The lowest BCUT2D eigenvalue weighted by molar-refractivity contribution is -0.118. The van der Waals surface area contributed by atoms with Gasteiger partial charge >= 0.3 is 0 Å². The topological polar surface area (TPSA) is 59.2 Å². The van der Waals surface area contributed by atoms with Gasteiger partial charge in [0.2, 0.25) is 17.6 Å². The van der Waals surface area contributed by atoms with E-state index in [0.717, 1.165) is 24.2 Å². The second kappa shape index (κ2) is 6.89. The number of amides is 1. The summed E-state index contributed by atoms with van der Waals surface area (Å²) in [5.41, 5.74) is 3.24. The van der Waals surface area contributed by atoms with Crippen molar-refractivity contribution in [1.82, 2.24) is 10.1 Å². The molecule has 3 aromatic rings. The predicted octanol–water partition coefficient (Wildman–Crippen LogP) is 3.65. The number of anilines is 1. The number of benzene rings is 2. The number of hydrogen-bond acceptors (Lipinski definition) is 4. The smallest absolute Gasteiger partial charge is 0.227 e. The zero-order valence-electron chi connectivity index (χ0n) is 13.9. The highest BCUT2D eigenvalue weighted by Gasteiger charge is 2.23. The molecular formula is C20H19N3O2. The molecule has 0 saturated heterocycles. The Morgan fingerprint density at radius 1 is 1.08 bits per heavy atom. The largest absolute Gasteiger partial charge is 0.339 e. The van der Waals surface area contributed by atoms with Gasteiger partial charge in [-0.3, -0.25) is 4.79 Å². The summed E-state index contributed by atoms with van der Waals surface area (Å²) < 4.78 is 5.30. The quantitative estimate of drug-likeness (QED) is 0.715. The van der Waals surface area contributed by atoms with E-state index in [0.29, 0.717) is 31.0 Å². The zero-order chi connectivity index (χ0) is 17.1. The van der Waals surface area contributed by atoms with E-state index in [4.69, 9.17) is 4.52 Å². The van der Waals surface area contributed by atoms with Gasteiger partial charge in [0.05, 0.1) is 0 Å². The summed E-state index contributed by atoms with van der Waals surface area (Å²) in [6.07, 6.45) is 2.73. The van der Waals surface area contributed by atoms with Gasteiger partial charge in [0.1, 0.15) is 0 Å². The van der Waals surface area contributed by atoms with Crippen molar-refractivity contribution in [3.63, 3.8) is 0 Å². The molecule has 1 aliphatic rings. The van der Waals surface area contributed by atoms with Crippen LogP contribution in [0.1, 0.15) is 24.3 Å². The SMILES string of the molecule is O=C(CCCc1nc(-c2ccccc2)no1)N1CCc2ccccc21. The van der Waals surface area contributed by atoms with Crippen LogP contribution < -0.4 is 4.90 Å². The molecule has 2 heterocycles. The van der Waals surface area contributed by atoms with Crippen LogP contribution in [0.15, 0.2) is 59.1 Å². The van der Waals surface area contributed by atoms with Crippen LogP contribution in [0.4, 0.5) is 5.69 Å². The first-order valence-electron chi connectivity index (χ1n) is 8.57. The predicted molar refractivity (Wildman–Crippen MR) is 95.2 cm³/mol. The number of carbonyl (C=O) groups excluding carboxylic acids is 1. The first-order chi connectivity index (χ1) is 12.3. The second-order valence-electron chi connectivity index (χ2n) is 6.16. The molecule has 1 aromatic heterocycles. The Labute approximate surface area is 146 Å². The molecule has 0 N–H and O–H groups in total. The Morgan fingerprint density at radius 2 is 1.88 bits per heavy atom. The molecule has 1 amide bonds. The molecule has 0 bridgehead atoms. The van der Waals surface area contributed by atoms with Crippen molar-refractivity contribution < 1.29 is 9.32 Å². The van der Waals surface area contributed by atoms with Gasteiger partial charge in [-0.1, -0.05) is 53.7 Å². The van der Waals surface area contributed by atoms with Crippen molar-refractivity contribution in [3.05, 3.63) is 66.1 Å². The van der Waals surface area contributed by atoms with Crippen LogP contribution in [-0.2, 0) is 17.6 Å². The summed E-state index contributed by atoms with van der Waals surface area (Å²) >= 11 is 0. The van der Waals surface area contributed by atoms with Gasteiger partial charge in [-0.2, -0.15) is 4.98 Å². The van der Waals surface area contributed by atoms with Crippen LogP contribution in [0.5, 0.6) is 0 Å². The van der Waals surface area contributed by atoms with E-state index >= 15 is 0 Å².